The van der Waals surface area contributed by atoms with Crippen molar-refractivity contribution >= 4 is 11.6 Å². The van der Waals surface area contributed by atoms with E-state index >= 15 is 0 Å². The molecule has 0 spiro atoms. The molecule has 86 valence electrons. The number of hydrogen-bond donors (Lipinski definition) is 0. The number of aromatic nitrogens is 2. The summed E-state index contributed by atoms with van der Waals surface area (Å²) in [7, 11) is 0. The average molecular weight is 246 g/mol. The molecule has 1 aliphatic heterocycles. The third-order valence-electron chi connectivity index (χ3n) is 2.98. The number of nitrogens with zero attached hydrogens (tertiary/aromatic N) is 3. The fourth-order valence-corrected chi connectivity index (χ4v) is 2.27. The summed E-state index contributed by atoms with van der Waals surface area (Å²) in [6, 6.07) is 12.3. The van der Waals surface area contributed by atoms with Gasteiger partial charge in [-0.2, -0.15) is 5.10 Å². The topological polar surface area (TPSA) is 29.0 Å². The van der Waals surface area contributed by atoms with Crippen molar-refractivity contribution in [1.29, 1.82) is 0 Å². The Morgan fingerprint density at radius 3 is 2.29 bits per heavy atom. The molecule has 0 fully saturated rings. The van der Waals surface area contributed by atoms with Crippen molar-refractivity contribution in [3.8, 4) is 0 Å². The lowest BCUT2D eigenvalue weighted by Gasteiger charge is -2.13. The predicted molar refractivity (Wildman–Crippen MR) is 66.4 cm³/mol. The van der Waals surface area contributed by atoms with Crippen LogP contribution in [0.3, 0.4) is 0 Å². The maximum absolute atomic E-state index is 5.71. The molecule has 0 aliphatic carbocycles. The van der Waals surface area contributed by atoms with Crippen molar-refractivity contribution in [2.24, 2.45) is 0 Å². The van der Waals surface area contributed by atoms with E-state index < -0.39 is 0 Å². The van der Waals surface area contributed by atoms with Crippen molar-refractivity contribution in [1.82, 2.24) is 15.1 Å². The van der Waals surface area contributed by atoms with Gasteiger partial charge in [-0.25, -0.2) is 0 Å². The highest BCUT2D eigenvalue weighted by Crippen LogP contribution is 2.23. The lowest BCUT2D eigenvalue weighted by molar-refractivity contribution is 0.271. The van der Waals surface area contributed by atoms with Crippen molar-refractivity contribution in [3.63, 3.8) is 0 Å². The minimum Gasteiger partial charge on any atom is -0.289 e. The monoisotopic (exact) mass is 245 g/mol. The first-order valence-electron chi connectivity index (χ1n) is 5.58. The molecule has 1 aromatic heterocycles. The standard InChI is InChI=1S/C13H12ClN3/c14-13-6-5-12(15-16-13)9-17-7-10-3-1-2-4-11(10)8-17/h1-6H,7-9H2. The minimum atomic E-state index is 0.443. The third kappa shape index (κ3) is 2.30. The van der Waals surface area contributed by atoms with Crippen LogP contribution >= 0.6 is 11.6 Å². The first kappa shape index (κ1) is 10.7. The van der Waals surface area contributed by atoms with Crippen LogP contribution in [0.15, 0.2) is 36.4 Å². The fraction of sp³-hybridized carbons (Fsp3) is 0.231. The SMILES string of the molecule is Clc1ccc(CN2Cc3ccccc3C2)nn1. The average Bonchev–Trinajstić information content (AvgIpc) is 2.74. The van der Waals surface area contributed by atoms with Crippen LogP contribution in [0, 0.1) is 0 Å². The van der Waals surface area contributed by atoms with Gasteiger partial charge in [-0.15, -0.1) is 5.10 Å². The molecule has 2 aromatic rings. The lowest BCUT2D eigenvalue weighted by Crippen LogP contribution is -2.16. The smallest absolute Gasteiger partial charge is 0.151 e. The molecule has 0 radical (unpaired) electrons. The molecule has 0 atom stereocenters. The van der Waals surface area contributed by atoms with Crippen molar-refractivity contribution < 1.29 is 0 Å². The van der Waals surface area contributed by atoms with Gasteiger partial charge in [0.1, 0.15) is 0 Å². The van der Waals surface area contributed by atoms with Gasteiger partial charge in [0.25, 0.3) is 0 Å². The molecule has 0 N–H and O–H groups in total. The summed E-state index contributed by atoms with van der Waals surface area (Å²) in [5.74, 6) is 0. The Kier molecular flexibility index (Phi) is 2.79. The normalized spacial score (nSPS) is 14.9. The van der Waals surface area contributed by atoms with E-state index in [9.17, 15) is 0 Å². The number of rotatable bonds is 2. The summed E-state index contributed by atoms with van der Waals surface area (Å²) in [5, 5.41) is 8.38. The Balaban J connectivity index is 1.71. The van der Waals surface area contributed by atoms with Gasteiger partial charge in [-0.1, -0.05) is 35.9 Å². The van der Waals surface area contributed by atoms with Gasteiger partial charge in [0.2, 0.25) is 0 Å². The highest BCUT2D eigenvalue weighted by Gasteiger charge is 2.18. The Bertz CT molecular complexity index is 499. The van der Waals surface area contributed by atoms with Crippen LogP contribution in [0.1, 0.15) is 16.8 Å². The molecule has 0 saturated carbocycles. The lowest BCUT2D eigenvalue weighted by atomic mass is 10.1. The second-order valence-corrected chi connectivity index (χ2v) is 4.65. The molecule has 0 amide bonds. The van der Waals surface area contributed by atoms with Gasteiger partial charge in [0.15, 0.2) is 5.15 Å². The van der Waals surface area contributed by atoms with Crippen LogP contribution in [0.25, 0.3) is 0 Å². The molecule has 3 rings (SSSR count). The molecule has 1 aromatic carbocycles. The molecular weight excluding hydrogens is 234 g/mol. The van der Waals surface area contributed by atoms with E-state index in [0.717, 1.165) is 25.3 Å². The number of fused-ring (bicyclic) bond motifs is 1. The molecular formula is C13H12ClN3. The van der Waals surface area contributed by atoms with Crippen molar-refractivity contribution in [2.45, 2.75) is 19.6 Å². The van der Waals surface area contributed by atoms with E-state index in [-0.39, 0.29) is 0 Å². The maximum Gasteiger partial charge on any atom is 0.151 e. The summed E-state index contributed by atoms with van der Waals surface area (Å²) in [6.45, 7) is 2.79. The fourth-order valence-electron chi connectivity index (χ4n) is 2.17. The molecule has 17 heavy (non-hydrogen) atoms. The Hall–Kier alpha value is -1.45. The van der Waals surface area contributed by atoms with Crippen molar-refractivity contribution in [2.75, 3.05) is 0 Å². The first-order chi connectivity index (χ1) is 8.31. The summed E-state index contributed by atoms with van der Waals surface area (Å²) < 4.78 is 0. The van der Waals surface area contributed by atoms with Gasteiger partial charge in [-0.3, -0.25) is 4.90 Å². The summed E-state index contributed by atoms with van der Waals surface area (Å²) in [5.41, 5.74) is 3.78. The molecule has 0 bridgehead atoms. The number of benzene rings is 1. The number of halogens is 1. The molecule has 2 heterocycles. The summed E-state index contributed by atoms with van der Waals surface area (Å²) >= 11 is 5.71. The zero-order chi connectivity index (χ0) is 11.7. The van der Waals surface area contributed by atoms with Crippen LogP contribution < -0.4 is 0 Å². The molecule has 3 nitrogen and oxygen atoms in total. The zero-order valence-electron chi connectivity index (χ0n) is 9.31. The summed E-state index contributed by atoms with van der Waals surface area (Å²) in [4.78, 5) is 2.35. The predicted octanol–water partition coefficient (Wildman–Crippen LogP) is 2.65. The van der Waals surface area contributed by atoms with Crippen LogP contribution in [-0.2, 0) is 19.6 Å². The van der Waals surface area contributed by atoms with E-state index in [1.807, 2.05) is 6.07 Å². The molecule has 1 aliphatic rings. The molecule has 4 heteroatoms. The molecule has 0 saturated heterocycles. The third-order valence-corrected chi connectivity index (χ3v) is 3.18. The Morgan fingerprint density at radius 1 is 1.00 bits per heavy atom. The van der Waals surface area contributed by atoms with Crippen LogP contribution in [0.2, 0.25) is 5.15 Å². The van der Waals surface area contributed by atoms with E-state index in [0.29, 0.717) is 5.15 Å². The molecule has 0 unspecified atom stereocenters. The van der Waals surface area contributed by atoms with E-state index in [1.54, 1.807) is 6.07 Å². The van der Waals surface area contributed by atoms with Crippen LogP contribution in [0.5, 0.6) is 0 Å². The quantitative estimate of drug-likeness (QED) is 0.815. The highest BCUT2D eigenvalue weighted by atomic mass is 35.5. The van der Waals surface area contributed by atoms with Gasteiger partial charge >= 0.3 is 0 Å². The van der Waals surface area contributed by atoms with Gasteiger partial charge in [0, 0.05) is 19.6 Å². The van der Waals surface area contributed by atoms with Crippen LogP contribution in [0.4, 0.5) is 0 Å². The van der Waals surface area contributed by atoms with Crippen LogP contribution in [-0.4, -0.2) is 15.1 Å². The van der Waals surface area contributed by atoms with Gasteiger partial charge in [-0.05, 0) is 23.3 Å². The van der Waals surface area contributed by atoms with Gasteiger partial charge < -0.3 is 0 Å². The second-order valence-electron chi connectivity index (χ2n) is 4.26. The maximum atomic E-state index is 5.71. The van der Waals surface area contributed by atoms with Gasteiger partial charge in [0.05, 0.1) is 5.69 Å². The first-order valence-corrected chi connectivity index (χ1v) is 5.96. The highest BCUT2D eigenvalue weighted by molar-refractivity contribution is 6.29. The van der Waals surface area contributed by atoms with Crippen molar-refractivity contribution in [3.05, 3.63) is 58.4 Å². The largest absolute Gasteiger partial charge is 0.289 e. The summed E-state index contributed by atoms with van der Waals surface area (Å²) in [6.07, 6.45) is 0. The Morgan fingerprint density at radius 2 is 1.71 bits per heavy atom. The van der Waals surface area contributed by atoms with E-state index in [2.05, 4.69) is 39.4 Å². The van der Waals surface area contributed by atoms with E-state index in [1.165, 1.54) is 11.1 Å². The number of hydrogen-bond acceptors (Lipinski definition) is 3. The minimum absolute atomic E-state index is 0.443. The zero-order valence-corrected chi connectivity index (χ0v) is 10.1. The second kappa shape index (κ2) is 4.43. The van der Waals surface area contributed by atoms with E-state index in [4.69, 9.17) is 11.6 Å². The Labute approximate surface area is 105 Å².